The lowest BCUT2D eigenvalue weighted by molar-refractivity contribution is -0.140. The fraction of sp³-hybridized carbons (Fsp3) is 0.188. The third-order valence-electron chi connectivity index (χ3n) is 3.28. The summed E-state index contributed by atoms with van der Waals surface area (Å²) in [6.45, 7) is 0. The van der Waals surface area contributed by atoms with Gasteiger partial charge in [0.15, 0.2) is 10.8 Å². The average Bonchev–Trinajstić information content (AvgIpc) is 3.18. The van der Waals surface area contributed by atoms with Gasteiger partial charge in [0.05, 0.1) is 19.2 Å². The second-order valence-electron chi connectivity index (χ2n) is 4.68. The van der Waals surface area contributed by atoms with Crippen LogP contribution in [0.25, 0.3) is 22.2 Å². The molecule has 0 unspecified atom stereocenters. The van der Waals surface area contributed by atoms with Crippen LogP contribution >= 0.6 is 11.3 Å². The number of aromatic nitrogens is 1. The van der Waals surface area contributed by atoms with Gasteiger partial charge in [-0.25, -0.2) is 4.98 Å². The molecule has 2 heterocycles. The number of Topliss-reactive ketones (excluding diaryl/α,β-unsaturated/α-hetero) is 1. The maximum absolute atomic E-state index is 12.0. The first-order valence-electron chi connectivity index (χ1n) is 6.71. The summed E-state index contributed by atoms with van der Waals surface area (Å²) in [6.07, 6.45) is 1.81. The molecule has 3 aromatic rings. The highest BCUT2D eigenvalue weighted by Crippen LogP contribution is 2.31. The maximum atomic E-state index is 12.0. The van der Waals surface area contributed by atoms with E-state index in [1.165, 1.54) is 18.4 Å². The minimum Gasteiger partial charge on any atom is -0.469 e. The predicted molar refractivity (Wildman–Crippen MR) is 82.9 cm³/mol. The van der Waals surface area contributed by atoms with Crippen molar-refractivity contribution in [3.8, 4) is 11.3 Å². The van der Waals surface area contributed by atoms with E-state index in [0.717, 1.165) is 16.5 Å². The largest absolute Gasteiger partial charge is 0.469 e. The van der Waals surface area contributed by atoms with Gasteiger partial charge in [0.1, 0.15) is 11.8 Å². The molecule has 0 N–H and O–H groups in total. The molecule has 0 saturated heterocycles. The molecule has 6 heteroatoms. The number of esters is 1. The van der Waals surface area contributed by atoms with E-state index >= 15 is 0 Å². The first-order chi connectivity index (χ1) is 10.7. The number of furan rings is 1. The Morgan fingerprint density at radius 2 is 2.09 bits per heavy atom. The standard InChI is InChI=1S/C16H13NO4S/c1-20-15(19)7-6-13(18)16-17-12(9-22-16)11-8-21-14-5-3-2-4-10(11)14/h2-5,8-9H,6-7H2,1H3. The molecule has 0 spiro atoms. The monoisotopic (exact) mass is 315 g/mol. The molecule has 0 fully saturated rings. The van der Waals surface area contributed by atoms with Gasteiger partial charge in [0.25, 0.3) is 0 Å². The highest BCUT2D eigenvalue weighted by atomic mass is 32.1. The van der Waals surface area contributed by atoms with Gasteiger partial charge in [0, 0.05) is 22.8 Å². The Morgan fingerprint density at radius 1 is 1.27 bits per heavy atom. The zero-order valence-corrected chi connectivity index (χ0v) is 12.7. The quantitative estimate of drug-likeness (QED) is 0.530. The van der Waals surface area contributed by atoms with Crippen molar-refractivity contribution < 1.29 is 18.7 Å². The Bertz CT molecular complexity index is 833. The molecule has 112 valence electrons. The van der Waals surface area contributed by atoms with E-state index in [1.54, 1.807) is 6.26 Å². The molecule has 5 nitrogen and oxygen atoms in total. The Hall–Kier alpha value is -2.47. The van der Waals surface area contributed by atoms with Crippen LogP contribution in [0.1, 0.15) is 22.6 Å². The van der Waals surface area contributed by atoms with Crippen LogP contribution in [0, 0.1) is 0 Å². The van der Waals surface area contributed by atoms with Crippen molar-refractivity contribution in [2.75, 3.05) is 7.11 Å². The first-order valence-corrected chi connectivity index (χ1v) is 7.59. The Labute approximate surface area is 130 Å². The second kappa shape index (κ2) is 6.11. The van der Waals surface area contributed by atoms with Gasteiger partial charge >= 0.3 is 5.97 Å². The van der Waals surface area contributed by atoms with E-state index < -0.39 is 5.97 Å². The summed E-state index contributed by atoms with van der Waals surface area (Å²) in [5, 5.41) is 3.17. The summed E-state index contributed by atoms with van der Waals surface area (Å²) in [6, 6.07) is 7.66. The third-order valence-corrected chi connectivity index (χ3v) is 4.17. The van der Waals surface area contributed by atoms with Crippen LogP contribution < -0.4 is 0 Å². The van der Waals surface area contributed by atoms with Crippen molar-refractivity contribution >= 4 is 34.1 Å². The van der Waals surface area contributed by atoms with Gasteiger partial charge < -0.3 is 9.15 Å². The smallest absolute Gasteiger partial charge is 0.305 e. The fourth-order valence-corrected chi connectivity index (χ4v) is 2.91. The van der Waals surface area contributed by atoms with Gasteiger partial charge in [-0.15, -0.1) is 11.3 Å². The Balaban J connectivity index is 1.82. The molecular weight excluding hydrogens is 302 g/mol. The Morgan fingerprint density at radius 3 is 2.91 bits per heavy atom. The average molecular weight is 315 g/mol. The van der Waals surface area contributed by atoms with E-state index in [4.69, 9.17) is 4.42 Å². The molecule has 2 aromatic heterocycles. The minimum absolute atomic E-state index is 0.0683. The normalized spacial score (nSPS) is 10.8. The highest BCUT2D eigenvalue weighted by Gasteiger charge is 2.16. The van der Waals surface area contributed by atoms with Crippen molar-refractivity contribution in [3.05, 3.63) is 40.9 Å². The summed E-state index contributed by atoms with van der Waals surface area (Å²) >= 11 is 1.27. The molecule has 3 rings (SSSR count). The number of hydrogen-bond acceptors (Lipinski definition) is 6. The molecule has 0 aliphatic carbocycles. The molecule has 0 saturated carbocycles. The number of thiazole rings is 1. The van der Waals surface area contributed by atoms with Crippen LogP contribution in [0.3, 0.4) is 0 Å². The van der Waals surface area contributed by atoms with Crippen LogP contribution in [0.4, 0.5) is 0 Å². The molecule has 0 radical (unpaired) electrons. The zero-order valence-electron chi connectivity index (χ0n) is 11.9. The summed E-state index contributed by atoms with van der Waals surface area (Å²) in [7, 11) is 1.30. The van der Waals surface area contributed by atoms with Gasteiger partial charge in [-0.2, -0.15) is 0 Å². The van der Waals surface area contributed by atoms with Gasteiger partial charge in [-0.1, -0.05) is 18.2 Å². The van der Waals surface area contributed by atoms with Crippen molar-refractivity contribution in [1.82, 2.24) is 4.98 Å². The Kier molecular flexibility index (Phi) is 4.02. The van der Waals surface area contributed by atoms with E-state index in [-0.39, 0.29) is 18.6 Å². The van der Waals surface area contributed by atoms with E-state index in [1.807, 2.05) is 29.6 Å². The van der Waals surface area contributed by atoms with Crippen LogP contribution in [-0.4, -0.2) is 23.8 Å². The zero-order chi connectivity index (χ0) is 15.5. The van der Waals surface area contributed by atoms with Crippen molar-refractivity contribution in [2.24, 2.45) is 0 Å². The number of ether oxygens (including phenoxy) is 1. The maximum Gasteiger partial charge on any atom is 0.305 e. The molecule has 0 atom stereocenters. The summed E-state index contributed by atoms with van der Waals surface area (Å²) in [5.74, 6) is -0.555. The van der Waals surface area contributed by atoms with Gasteiger partial charge in [-0.05, 0) is 6.07 Å². The number of hydrogen-bond donors (Lipinski definition) is 0. The summed E-state index contributed by atoms with van der Waals surface area (Å²) < 4.78 is 10.0. The predicted octanol–water partition coefficient (Wildman–Crippen LogP) is 3.69. The van der Waals surface area contributed by atoms with Crippen LogP contribution in [0.15, 0.2) is 40.3 Å². The SMILES string of the molecule is COC(=O)CCC(=O)c1nc(-c2coc3ccccc23)cs1. The fourth-order valence-electron chi connectivity index (χ4n) is 2.13. The van der Waals surface area contributed by atoms with Gasteiger partial charge in [-0.3, -0.25) is 9.59 Å². The number of para-hydroxylation sites is 1. The van der Waals surface area contributed by atoms with Crippen molar-refractivity contribution in [3.63, 3.8) is 0 Å². The van der Waals surface area contributed by atoms with E-state index in [2.05, 4.69) is 9.72 Å². The number of rotatable bonds is 5. The van der Waals surface area contributed by atoms with E-state index in [9.17, 15) is 9.59 Å². The lowest BCUT2D eigenvalue weighted by atomic mass is 10.1. The highest BCUT2D eigenvalue weighted by molar-refractivity contribution is 7.12. The number of carbonyl (C=O) groups is 2. The molecule has 0 aliphatic rings. The lowest BCUT2D eigenvalue weighted by Gasteiger charge is -1.96. The van der Waals surface area contributed by atoms with Crippen LogP contribution in [0.5, 0.6) is 0 Å². The molecule has 22 heavy (non-hydrogen) atoms. The second-order valence-corrected chi connectivity index (χ2v) is 5.54. The van der Waals surface area contributed by atoms with Crippen LogP contribution in [-0.2, 0) is 9.53 Å². The molecule has 0 aliphatic heterocycles. The number of fused-ring (bicyclic) bond motifs is 1. The molecular formula is C16H13NO4S. The topological polar surface area (TPSA) is 69.4 Å². The lowest BCUT2D eigenvalue weighted by Crippen LogP contribution is -2.05. The number of ketones is 1. The van der Waals surface area contributed by atoms with Crippen molar-refractivity contribution in [2.45, 2.75) is 12.8 Å². The number of carbonyl (C=O) groups excluding carboxylic acids is 2. The molecule has 0 amide bonds. The third kappa shape index (κ3) is 2.78. The summed E-state index contributed by atoms with van der Waals surface area (Å²) in [5.41, 5.74) is 2.35. The first kappa shape index (κ1) is 14.5. The number of nitrogens with zero attached hydrogens (tertiary/aromatic N) is 1. The molecule has 1 aromatic carbocycles. The number of benzene rings is 1. The van der Waals surface area contributed by atoms with Gasteiger partial charge in [0.2, 0.25) is 0 Å². The molecule has 0 bridgehead atoms. The van der Waals surface area contributed by atoms with Crippen LogP contribution in [0.2, 0.25) is 0 Å². The van der Waals surface area contributed by atoms with Crippen molar-refractivity contribution in [1.29, 1.82) is 0 Å². The number of methoxy groups -OCH3 is 1. The van der Waals surface area contributed by atoms with E-state index in [0.29, 0.717) is 10.7 Å². The summed E-state index contributed by atoms with van der Waals surface area (Å²) in [4.78, 5) is 27.5. The minimum atomic E-state index is -0.397.